The Kier molecular flexibility index (Phi) is 5.78. The number of benzene rings is 2. The molecule has 0 spiro atoms. The minimum atomic E-state index is -2.97. The summed E-state index contributed by atoms with van der Waals surface area (Å²) in [6, 6.07) is 13.4. The Morgan fingerprint density at radius 2 is 1.86 bits per heavy atom. The lowest BCUT2D eigenvalue weighted by Crippen LogP contribution is -2.32. The van der Waals surface area contributed by atoms with Crippen molar-refractivity contribution in [3.63, 3.8) is 0 Å². The number of amides is 1. The zero-order valence-electron chi connectivity index (χ0n) is 15.4. The van der Waals surface area contributed by atoms with Gasteiger partial charge in [-0.25, -0.2) is 0 Å². The highest BCUT2D eigenvalue weighted by Gasteiger charge is 2.41. The van der Waals surface area contributed by atoms with Gasteiger partial charge in [-0.1, -0.05) is 25.0 Å². The summed E-state index contributed by atoms with van der Waals surface area (Å²) in [5.74, 6) is 0.256. The van der Waals surface area contributed by atoms with Gasteiger partial charge in [-0.3, -0.25) is 4.79 Å². The predicted octanol–water partition coefficient (Wildman–Crippen LogP) is 4.99. The van der Waals surface area contributed by atoms with Crippen molar-refractivity contribution >= 4 is 11.6 Å². The molecule has 0 unspecified atom stereocenters. The Bertz CT molecular complexity index is 886. The van der Waals surface area contributed by atoms with Crippen LogP contribution in [0.5, 0.6) is 11.5 Å². The summed E-state index contributed by atoms with van der Waals surface area (Å²) in [4.78, 5) is 12.7. The Labute approximate surface area is 161 Å². The third kappa shape index (κ3) is 4.06. The molecule has 146 valence electrons. The first-order valence-corrected chi connectivity index (χ1v) is 8.93. The number of carbonyl (C=O) groups is 1. The van der Waals surface area contributed by atoms with Crippen LogP contribution in [0.25, 0.3) is 11.1 Å². The number of rotatable bonds is 6. The third-order valence-electron chi connectivity index (χ3n) is 4.96. The largest absolute Gasteiger partial charge is 0.497 e. The zero-order chi connectivity index (χ0) is 20.1. The fraction of sp³-hybridized carbons (Fsp3) is 0.333. The molecular formula is C21H20F2N2O3. The van der Waals surface area contributed by atoms with Crippen molar-refractivity contribution in [3.8, 4) is 28.7 Å². The molecule has 1 N–H and O–H groups in total. The van der Waals surface area contributed by atoms with Gasteiger partial charge in [0.15, 0.2) is 0 Å². The van der Waals surface area contributed by atoms with Crippen molar-refractivity contribution in [1.82, 2.24) is 0 Å². The number of carbonyl (C=O) groups excluding carboxylic acids is 1. The van der Waals surface area contributed by atoms with Crippen molar-refractivity contribution in [2.75, 3.05) is 12.4 Å². The van der Waals surface area contributed by atoms with Crippen LogP contribution in [0, 0.1) is 16.7 Å². The summed E-state index contributed by atoms with van der Waals surface area (Å²) in [5, 5.41) is 12.2. The Balaban J connectivity index is 1.93. The van der Waals surface area contributed by atoms with E-state index in [1.165, 1.54) is 19.2 Å². The summed E-state index contributed by atoms with van der Waals surface area (Å²) in [5.41, 5.74) is 0.416. The first-order valence-electron chi connectivity index (χ1n) is 8.93. The van der Waals surface area contributed by atoms with Crippen LogP contribution < -0.4 is 14.8 Å². The van der Waals surface area contributed by atoms with E-state index < -0.39 is 12.0 Å². The number of halogens is 2. The quantitative estimate of drug-likeness (QED) is 0.760. The topological polar surface area (TPSA) is 71.3 Å². The minimum Gasteiger partial charge on any atom is -0.497 e. The maximum atomic E-state index is 12.8. The monoisotopic (exact) mass is 386 g/mol. The van der Waals surface area contributed by atoms with E-state index in [-0.39, 0.29) is 11.7 Å². The SMILES string of the molecule is COc1ccc(-c2cc(NC(=O)C3(C#N)CCCC3)ccc2OC(F)F)cc1. The van der Waals surface area contributed by atoms with E-state index in [0.29, 0.717) is 35.4 Å². The van der Waals surface area contributed by atoms with E-state index in [9.17, 15) is 18.8 Å². The maximum Gasteiger partial charge on any atom is 0.387 e. The van der Waals surface area contributed by atoms with Gasteiger partial charge in [0.2, 0.25) is 5.91 Å². The molecule has 0 heterocycles. The van der Waals surface area contributed by atoms with Crippen LogP contribution in [0.4, 0.5) is 14.5 Å². The number of methoxy groups -OCH3 is 1. The Hall–Kier alpha value is -3.14. The van der Waals surface area contributed by atoms with Crippen LogP contribution in [0.3, 0.4) is 0 Å². The number of nitrogens with one attached hydrogen (secondary N) is 1. The van der Waals surface area contributed by atoms with Gasteiger partial charge in [-0.15, -0.1) is 0 Å². The molecule has 2 aromatic rings. The second-order valence-electron chi connectivity index (χ2n) is 6.67. The number of hydrogen-bond acceptors (Lipinski definition) is 4. The number of nitriles is 1. The third-order valence-corrected chi connectivity index (χ3v) is 4.96. The van der Waals surface area contributed by atoms with E-state index in [0.717, 1.165) is 12.8 Å². The van der Waals surface area contributed by atoms with Crippen molar-refractivity contribution in [1.29, 1.82) is 5.26 Å². The molecule has 0 aromatic heterocycles. The number of alkyl halides is 2. The number of anilines is 1. The van der Waals surface area contributed by atoms with Crippen molar-refractivity contribution in [2.24, 2.45) is 5.41 Å². The fourth-order valence-corrected chi connectivity index (χ4v) is 3.42. The second-order valence-corrected chi connectivity index (χ2v) is 6.67. The van der Waals surface area contributed by atoms with Crippen molar-refractivity contribution in [2.45, 2.75) is 32.3 Å². The van der Waals surface area contributed by atoms with E-state index in [1.54, 1.807) is 30.3 Å². The molecule has 2 aromatic carbocycles. The van der Waals surface area contributed by atoms with Crippen LogP contribution in [0.2, 0.25) is 0 Å². The van der Waals surface area contributed by atoms with Crippen LogP contribution in [-0.2, 0) is 4.79 Å². The Morgan fingerprint density at radius 1 is 1.18 bits per heavy atom. The molecule has 1 aliphatic carbocycles. The van der Waals surface area contributed by atoms with Gasteiger partial charge in [-0.2, -0.15) is 14.0 Å². The van der Waals surface area contributed by atoms with E-state index in [4.69, 9.17) is 4.74 Å². The molecule has 0 saturated heterocycles. The molecule has 0 aliphatic heterocycles. The van der Waals surface area contributed by atoms with Gasteiger partial charge in [0.1, 0.15) is 16.9 Å². The van der Waals surface area contributed by atoms with Gasteiger partial charge in [0, 0.05) is 11.3 Å². The van der Waals surface area contributed by atoms with Crippen LogP contribution in [0.15, 0.2) is 42.5 Å². The number of ether oxygens (including phenoxy) is 2. The molecular weight excluding hydrogens is 366 g/mol. The van der Waals surface area contributed by atoms with Gasteiger partial charge < -0.3 is 14.8 Å². The highest BCUT2D eigenvalue weighted by molar-refractivity contribution is 5.98. The number of hydrogen-bond donors (Lipinski definition) is 1. The van der Waals surface area contributed by atoms with Crippen LogP contribution >= 0.6 is 0 Å². The van der Waals surface area contributed by atoms with Crippen molar-refractivity contribution in [3.05, 3.63) is 42.5 Å². The van der Waals surface area contributed by atoms with E-state index in [2.05, 4.69) is 16.1 Å². The standard InChI is InChI=1S/C21H20F2N2O3/c1-27-16-7-4-14(5-8-16)17-12-15(6-9-18(17)28-20(22)23)25-19(26)21(13-24)10-2-3-11-21/h4-9,12,20H,2-3,10-11H2,1H3,(H,25,26). The summed E-state index contributed by atoms with van der Waals surface area (Å²) in [6.07, 6.45) is 2.71. The smallest absolute Gasteiger partial charge is 0.387 e. The van der Waals surface area contributed by atoms with E-state index in [1.807, 2.05) is 0 Å². The highest BCUT2D eigenvalue weighted by Crippen LogP contribution is 2.39. The summed E-state index contributed by atoms with van der Waals surface area (Å²) < 4.78 is 35.3. The molecule has 1 aliphatic rings. The molecule has 0 bridgehead atoms. The molecule has 1 amide bonds. The number of nitrogens with zero attached hydrogens (tertiary/aromatic N) is 1. The Morgan fingerprint density at radius 3 is 2.43 bits per heavy atom. The van der Waals surface area contributed by atoms with Gasteiger partial charge in [0.05, 0.1) is 13.2 Å². The molecule has 5 nitrogen and oxygen atoms in total. The lowest BCUT2D eigenvalue weighted by Gasteiger charge is -2.20. The van der Waals surface area contributed by atoms with Crippen LogP contribution in [-0.4, -0.2) is 19.6 Å². The average molecular weight is 386 g/mol. The average Bonchev–Trinajstić information content (AvgIpc) is 3.19. The second kappa shape index (κ2) is 8.26. The van der Waals surface area contributed by atoms with Gasteiger partial charge >= 0.3 is 6.61 Å². The molecule has 3 rings (SSSR count). The fourth-order valence-electron chi connectivity index (χ4n) is 3.42. The molecule has 0 atom stereocenters. The molecule has 1 saturated carbocycles. The highest BCUT2D eigenvalue weighted by atomic mass is 19.3. The lowest BCUT2D eigenvalue weighted by atomic mass is 9.87. The minimum absolute atomic E-state index is 0.00553. The van der Waals surface area contributed by atoms with Gasteiger partial charge in [-0.05, 0) is 48.7 Å². The predicted molar refractivity (Wildman–Crippen MR) is 100 cm³/mol. The normalized spacial score (nSPS) is 15.1. The zero-order valence-corrected chi connectivity index (χ0v) is 15.4. The molecule has 0 radical (unpaired) electrons. The maximum absolute atomic E-state index is 12.8. The summed E-state index contributed by atoms with van der Waals surface area (Å²) in [6.45, 7) is -2.97. The molecule has 28 heavy (non-hydrogen) atoms. The van der Waals surface area contributed by atoms with E-state index >= 15 is 0 Å². The summed E-state index contributed by atoms with van der Waals surface area (Å²) >= 11 is 0. The first kappa shape index (κ1) is 19.6. The van der Waals surface area contributed by atoms with Gasteiger partial charge in [0.25, 0.3) is 0 Å². The van der Waals surface area contributed by atoms with Crippen LogP contribution in [0.1, 0.15) is 25.7 Å². The van der Waals surface area contributed by atoms with Crippen molar-refractivity contribution < 1.29 is 23.0 Å². The molecule has 7 heteroatoms. The summed E-state index contributed by atoms with van der Waals surface area (Å²) in [7, 11) is 1.53. The molecule has 1 fully saturated rings. The lowest BCUT2D eigenvalue weighted by molar-refractivity contribution is -0.122. The first-order chi connectivity index (χ1) is 13.5.